The van der Waals surface area contributed by atoms with Crippen LogP contribution < -0.4 is 5.32 Å². The van der Waals surface area contributed by atoms with Crippen LogP contribution >= 0.6 is 0 Å². The molecule has 2 atom stereocenters. The molecule has 3 heteroatoms. The molecule has 0 aromatic rings. The molecule has 0 spiro atoms. The van der Waals surface area contributed by atoms with E-state index in [9.17, 15) is 5.11 Å². The lowest BCUT2D eigenvalue weighted by atomic mass is 10.2. The summed E-state index contributed by atoms with van der Waals surface area (Å²) < 4.78 is 0. The summed E-state index contributed by atoms with van der Waals surface area (Å²) in [5, 5.41) is 12.6. The Morgan fingerprint density at radius 3 is 2.20 bits per heavy atom. The molecular weight excluding hydrogens is 188 g/mol. The lowest BCUT2D eigenvalue weighted by Gasteiger charge is -2.21. The van der Waals surface area contributed by atoms with Gasteiger partial charge in [0.05, 0.1) is 6.10 Å². The molecule has 0 saturated carbocycles. The molecule has 0 saturated heterocycles. The van der Waals surface area contributed by atoms with Crippen molar-refractivity contribution in [3.05, 3.63) is 0 Å². The predicted octanol–water partition coefficient (Wildman–Crippen LogP) is 1.47. The Labute approximate surface area is 94.9 Å². The second kappa shape index (κ2) is 8.08. The minimum absolute atomic E-state index is 0.202. The first kappa shape index (κ1) is 14.9. The van der Waals surface area contributed by atoms with E-state index in [1.165, 1.54) is 12.8 Å². The van der Waals surface area contributed by atoms with Gasteiger partial charge in [-0.15, -0.1) is 0 Å². The Bertz CT molecular complexity index is 133. The van der Waals surface area contributed by atoms with Crippen molar-refractivity contribution in [2.45, 2.75) is 58.7 Å². The third-order valence-corrected chi connectivity index (χ3v) is 3.01. The van der Waals surface area contributed by atoms with Gasteiger partial charge in [0.25, 0.3) is 0 Å². The van der Waals surface area contributed by atoms with Crippen molar-refractivity contribution in [2.24, 2.45) is 0 Å². The molecular formula is C12H28N2O. The van der Waals surface area contributed by atoms with Crippen LogP contribution in [-0.2, 0) is 0 Å². The fourth-order valence-electron chi connectivity index (χ4n) is 1.24. The summed E-state index contributed by atoms with van der Waals surface area (Å²) in [5.41, 5.74) is 0. The Kier molecular flexibility index (Phi) is 8.02. The van der Waals surface area contributed by atoms with Gasteiger partial charge in [0.15, 0.2) is 0 Å². The van der Waals surface area contributed by atoms with E-state index >= 15 is 0 Å². The molecule has 0 aliphatic rings. The number of nitrogens with zero attached hydrogens (tertiary/aromatic N) is 1. The van der Waals surface area contributed by atoms with Gasteiger partial charge >= 0.3 is 0 Å². The average Bonchev–Trinajstić information content (AvgIpc) is 2.16. The highest BCUT2D eigenvalue weighted by Gasteiger charge is 2.06. The third-order valence-electron chi connectivity index (χ3n) is 3.01. The second-order valence-electron chi connectivity index (χ2n) is 4.76. The average molecular weight is 216 g/mol. The molecule has 0 aliphatic heterocycles. The summed E-state index contributed by atoms with van der Waals surface area (Å²) in [4.78, 5) is 2.36. The molecule has 0 radical (unpaired) electrons. The highest BCUT2D eigenvalue weighted by molar-refractivity contribution is 4.66. The zero-order chi connectivity index (χ0) is 11.8. The summed E-state index contributed by atoms with van der Waals surface area (Å²) in [5.74, 6) is 0. The van der Waals surface area contributed by atoms with Crippen molar-refractivity contribution in [2.75, 3.05) is 20.1 Å². The van der Waals surface area contributed by atoms with E-state index in [2.05, 4.69) is 31.1 Å². The van der Waals surface area contributed by atoms with E-state index in [-0.39, 0.29) is 12.1 Å². The SMILES string of the molecule is CC(O)C(C)NCCCCN(C)C(C)C. The maximum absolute atomic E-state index is 9.27. The number of hydrogen-bond acceptors (Lipinski definition) is 3. The molecule has 2 unspecified atom stereocenters. The third kappa shape index (κ3) is 7.77. The molecule has 0 rings (SSSR count). The zero-order valence-corrected chi connectivity index (χ0v) is 11.0. The van der Waals surface area contributed by atoms with Crippen LogP contribution in [0.5, 0.6) is 0 Å². The highest BCUT2D eigenvalue weighted by atomic mass is 16.3. The van der Waals surface area contributed by atoms with Crippen LogP contribution in [0, 0.1) is 0 Å². The fraction of sp³-hybridized carbons (Fsp3) is 1.00. The van der Waals surface area contributed by atoms with Crippen LogP contribution in [0.3, 0.4) is 0 Å². The van der Waals surface area contributed by atoms with Gasteiger partial charge in [0.2, 0.25) is 0 Å². The summed E-state index contributed by atoms with van der Waals surface area (Å²) in [6.45, 7) is 10.4. The quantitative estimate of drug-likeness (QED) is 0.603. The van der Waals surface area contributed by atoms with E-state index in [4.69, 9.17) is 0 Å². The molecule has 0 aromatic carbocycles. The van der Waals surface area contributed by atoms with Crippen molar-refractivity contribution in [3.63, 3.8) is 0 Å². The second-order valence-corrected chi connectivity index (χ2v) is 4.76. The molecule has 3 nitrogen and oxygen atoms in total. The van der Waals surface area contributed by atoms with Crippen molar-refractivity contribution in [3.8, 4) is 0 Å². The van der Waals surface area contributed by atoms with Gasteiger partial charge in [0.1, 0.15) is 0 Å². The maximum atomic E-state index is 9.27. The van der Waals surface area contributed by atoms with Crippen LogP contribution in [0.25, 0.3) is 0 Å². The number of rotatable bonds is 8. The molecule has 0 fully saturated rings. The number of aliphatic hydroxyl groups excluding tert-OH is 1. The Morgan fingerprint density at radius 1 is 1.13 bits per heavy atom. The Hall–Kier alpha value is -0.120. The first-order valence-electron chi connectivity index (χ1n) is 6.06. The van der Waals surface area contributed by atoms with Crippen LogP contribution in [-0.4, -0.2) is 48.3 Å². The lowest BCUT2D eigenvalue weighted by Crippen LogP contribution is -2.36. The molecule has 0 aliphatic carbocycles. The van der Waals surface area contributed by atoms with Gasteiger partial charge in [-0.05, 0) is 60.7 Å². The summed E-state index contributed by atoms with van der Waals surface area (Å²) in [6.07, 6.45) is 2.13. The molecule has 0 heterocycles. The van der Waals surface area contributed by atoms with Crippen molar-refractivity contribution >= 4 is 0 Å². The molecule has 15 heavy (non-hydrogen) atoms. The summed E-state index contributed by atoms with van der Waals surface area (Å²) in [6, 6.07) is 0.835. The minimum atomic E-state index is -0.261. The number of nitrogens with one attached hydrogen (secondary N) is 1. The van der Waals surface area contributed by atoms with Gasteiger partial charge in [-0.2, -0.15) is 0 Å². The standard InChI is InChI=1S/C12H28N2O/c1-10(2)14(5)9-7-6-8-13-11(3)12(4)15/h10-13,15H,6-9H2,1-5H3. The Balaban J connectivity index is 3.32. The smallest absolute Gasteiger partial charge is 0.0662 e. The topological polar surface area (TPSA) is 35.5 Å². The van der Waals surface area contributed by atoms with Crippen molar-refractivity contribution in [1.29, 1.82) is 0 Å². The normalized spacial score (nSPS) is 16.0. The Morgan fingerprint density at radius 2 is 1.73 bits per heavy atom. The summed E-state index contributed by atoms with van der Waals surface area (Å²) >= 11 is 0. The van der Waals surface area contributed by atoms with Crippen molar-refractivity contribution < 1.29 is 5.11 Å². The monoisotopic (exact) mass is 216 g/mol. The number of unbranched alkanes of at least 4 members (excludes halogenated alkanes) is 1. The summed E-state index contributed by atoms with van der Waals surface area (Å²) in [7, 11) is 2.16. The van der Waals surface area contributed by atoms with Crippen LogP contribution in [0.1, 0.15) is 40.5 Å². The zero-order valence-electron chi connectivity index (χ0n) is 11.0. The fourth-order valence-corrected chi connectivity index (χ4v) is 1.24. The number of hydrogen-bond donors (Lipinski definition) is 2. The lowest BCUT2D eigenvalue weighted by molar-refractivity contribution is 0.152. The largest absolute Gasteiger partial charge is 0.392 e. The van der Waals surface area contributed by atoms with E-state index in [0.29, 0.717) is 6.04 Å². The predicted molar refractivity (Wildman–Crippen MR) is 66.1 cm³/mol. The van der Waals surface area contributed by atoms with E-state index in [1.54, 1.807) is 0 Å². The van der Waals surface area contributed by atoms with Gasteiger partial charge in [-0.3, -0.25) is 0 Å². The van der Waals surface area contributed by atoms with Gasteiger partial charge in [-0.25, -0.2) is 0 Å². The first-order chi connectivity index (χ1) is 6.95. The highest BCUT2D eigenvalue weighted by Crippen LogP contribution is 1.98. The first-order valence-corrected chi connectivity index (χ1v) is 6.06. The maximum Gasteiger partial charge on any atom is 0.0662 e. The molecule has 0 aromatic heterocycles. The molecule has 0 amide bonds. The van der Waals surface area contributed by atoms with E-state index < -0.39 is 0 Å². The van der Waals surface area contributed by atoms with E-state index in [0.717, 1.165) is 13.1 Å². The van der Waals surface area contributed by atoms with Gasteiger partial charge < -0.3 is 15.3 Å². The van der Waals surface area contributed by atoms with Crippen LogP contribution in [0.4, 0.5) is 0 Å². The van der Waals surface area contributed by atoms with Crippen LogP contribution in [0.15, 0.2) is 0 Å². The molecule has 2 N–H and O–H groups in total. The molecule has 92 valence electrons. The van der Waals surface area contributed by atoms with Crippen LogP contribution in [0.2, 0.25) is 0 Å². The van der Waals surface area contributed by atoms with Gasteiger partial charge in [0, 0.05) is 12.1 Å². The van der Waals surface area contributed by atoms with Gasteiger partial charge in [-0.1, -0.05) is 0 Å². The van der Waals surface area contributed by atoms with Crippen molar-refractivity contribution in [1.82, 2.24) is 10.2 Å². The number of aliphatic hydroxyl groups is 1. The minimum Gasteiger partial charge on any atom is -0.392 e. The van der Waals surface area contributed by atoms with E-state index in [1.807, 2.05) is 13.8 Å². The molecule has 0 bridgehead atoms.